The van der Waals surface area contributed by atoms with Gasteiger partial charge in [0.2, 0.25) is 0 Å². The molecule has 0 aromatic heterocycles. The summed E-state index contributed by atoms with van der Waals surface area (Å²) in [4.78, 5) is 10.9. The van der Waals surface area contributed by atoms with Crippen LogP contribution in [0.4, 0.5) is 5.69 Å². The molecule has 0 aliphatic rings. The SMILES string of the molecule is CCCCc1ccc(NCc2cc(Cl)c(OCC(N)=O)c(OC)c2)cc1. The fourth-order valence-electron chi connectivity index (χ4n) is 2.53. The van der Waals surface area contributed by atoms with Gasteiger partial charge in [0.15, 0.2) is 18.1 Å². The van der Waals surface area contributed by atoms with Gasteiger partial charge in [-0.3, -0.25) is 4.79 Å². The molecule has 0 atom stereocenters. The molecule has 140 valence electrons. The standard InChI is InChI=1S/C20H25ClN2O3/c1-3-4-5-14-6-8-16(9-7-14)23-12-15-10-17(21)20(18(11-15)25-2)26-13-19(22)24/h6-11,23H,3-5,12-13H2,1-2H3,(H2,22,24). The molecule has 2 rings (SSSR count). The molecule has 2 aromatic carbocycles. The van der Waals surface area contributed by atoms with Gasteiger partial charge in [-0.15, -0.1) is 0 Å². The molecule has 0 aliphatic carbocycles. The fraction of sp³-hybridized carbons (Fsp3) is 0.350. The van der Waals surface area contributed by atoms with E-state index < -0.39 is 5.91 Å². The summed E-state index contributed by atoms with van der Waals surface area (Å²) in [5.41, 5.74) is 8.42. The first-order valence-corrected chi connectivity index (χ1v) is 9.01. The van der Waals surface area contributed by atoms with Crippen molar-refractivity contribution >= 4 is 23.2 Å². The molecule has 0 radical (unpaired) electrons. The number of nitrogens with two attached hydrogens (primary N) is 1. The summed E-state index contributed by atoms with van der Waals surface area (Å²) in [6.07, 6.45) is 3.51. The molecule has 2 aromatic rings. The van der Waals surface area contributed by atoms with Crippen LogP contribution in [0.1, 0.15) is 30.9 Å². The third-order valence-electron chi connectivity index (χ3n) is 3.92. The van der Waals surface area contributed by atoms with Crippen LogP contribution in [0.5, 0.6) is 11.5 Å². The van der Waals surface area contributed by atoms with E-state index in [9.17, 15) is 4.79 Å². The summed E-state index contributed by atoms with van der Waals surface area (Å²) >= 11 is 6.26. The third-order valence-corrected chi connectivity index (χ3v) is 4.20. The first-order chi connectivity index (χ1) is 12.5. The summed E-state index contributed by atoms with van der Waals surface area (Å²) in [7, 11) is 1.52. The zero-order valence-electron chi connectivity index (χ0n) is 15.2. The van der Waals surface area contributed by atoms with Crippen LogP contribution >= 0.6 is 11.6 Å². The summed E-state index contributed by atoms with van der Waals surface area (Å²) < 4.78 is 10.6. The Labute approximate surface area is 159 Å². The Morgan fingerprint density at radius 3 is 2.54 bits per heavy atom. The molecule has 1 amide bonds. The average Bonchev–Trinajstić information content (AvgIpc) is 2.64. The second kappa shape index (κ2) is 9.92. The lowest BCUT2D eigenvalue weighted by Gasteiger charge is -2.14. The third kappa shape index (κ3) is 5.85. The van der Waals surface area contributed by atoms with Crippen molar-refractivity contribution in [3.63, 3.8) is 0 Å². The molecular weight excluding hydrogens is 352 g/mol. The minimum atomic E-state index is -0.573. The summed E-state index contributed by atoms with van der Waals surface area (Å²) in [5.74, 6) is 0.207. The molecule has 26 heavy (non-hydrogen) atoms. The first kappa shape index (κ1) is 19.9. The second-order valence-electron chi connectivity index (χ2n) is 6.02. The highest BCUT2D eigenvalue weighted by Gasteiger charge is 2.13. The normalized spacial score (nSPS) is 10.4. The number of carbonyl (C=O) groups is 1. The minimum absolute atomic E-state index is 0.252. The van der Waals surface area contributed by atoms with Crippen LogP contribution in [-0.4, -0.2) is 19.6 Å². The Bertz CT molecular complexity index is 733. The molecule has 6 heteroatoms. The van der Waals surface area contributed by atoms with E-state index in [1.165, 1.54) is 25.5 Å². The van der Waals surface area contributed by atoms with Crippen molar-refractivity contribution in [1.82, 2.24) is 0 Å². The quantitative estimate of drug-likeness (QED) is 0.652. The van der Waals surface area contributed by atoms with Crippen molar-refractivity contribution in [3.8, 4) is 11.5 Å². The number of anilines is 1. The monoisotopic (exact) mass is 376 g/mol. The van der Waals surface area contributed by atoms with E-state index in [1.54, 1.807) is 6.07 Å². The maximum atomic E-state index is 10.9. The van der Waals surface area contributed by atoms with Crippen molar-refractivity contribution in [2.24, 2.45) is 5.73 Å². The van der Waals surface area contributed by atoms with Gasteiger partial charge in [0.05, 0.1) is 12.1 Å². The molecule has 0 bridgehead atoms. The van der Waals surface area contributed by atoms with Crippen LogP contribution in [0, 0.1) is 0 Å². The van der Waals surface area contributed by atoms with E-state index >= 15 is 0 Å². The van der Waals surface area contributed by atoms with E-state index in [0.717, 1.165) is 17.7 Å². The lowest BCUT2D eigenvalue weighted by atomic mass is 10.1. The second-order valence-corrected chi connectivity index (χ2v) is 6.43. The maximum Gasteiger partial charge on any atom is 0.255 e. The van der Waals surface area contributed by atoms with Gasteiger partial charge in [0, 0.05) is 12.2 Å². The number of aryl methyl sites for hydroxylation is 1. The Kier molecular flexibility index (Phi) is 7.60. The molecule has 3 N–H and O–H groups in total. The first-order valence-electron chi connectivity index (χ1n) is 8.63. The van der Waals surface area contributed by atoms with Gasteiger partial charge >= 0.3 is 0 Å². The number of carbonyl (C=O) groups excluding carboxylic acids is 1. The Balaban J connectivity index is 2.02. The van der Waals surface area contributed by atoms with Gasteiger partial charge in [-0.25, -0.2) is 0 Å². The molecule has 0 saturated carbocycles. The number of halogens is 1. The van der Waals surface area contributed by atoms with E-state index in [-0.39, 0.29) is 6.61 Å². The lowest BCUT2D eigenvalue weighted by Crippen LogP contribution is -2.20. The van der Waals surface area contributed by atoms with Gasteiger partial charge in [-0.05, 0) is 48.2 Å². The Morgan fingerprint density at radius 2 is 1.92 bits per heavy atom. The highest BCUT2D eigenvalue weighted by atomic mass is 35.5. The molecule has 0 saturated heterocycles. The molecule has 0 heterocycles. The van der Waals surface area contributed by atoms with Crippen LogP contribution in [-0.2, 0) is 17.8 Å². The molecule has 0 fully saturated rings. The Hall–Kier alpha value is -2.40. The number of unbranched alkanes of at least 4 members (excludes halogenated alkanes) is 1. The van der Waals surface area contributed by atoms with Crippen LogP contribution in [0.2, 0.25) is 5.02 Å². The molecule has 0 spiro atoms. The average molecular weight is 377 g/mol. The number of amides is 1. The summed E-state index contributed by atoms with van der Waals surface area (Å²) in [6.45, 7) is 2.53. The number of hydrogen-bond donors (Lipinski definition) is 2. The van der Waals surface area contributed by atoms with Gasteiger partial charge in [0.1, 0.15) is 0 Å². The topological polar surface area (TPSA) is 73.6 Å². The van der Waals surface area contributed by atoms with Gasteiger partial charge < -0.3 is 20.5 Å². The predicted octanol–water partition coefficient (Wildman–Crippen LogP) is 4.17. The number of primary amides is 1. The smallest absolute Gasteiger partial charge is 0.255 e. The summed E-state index contributed by atoms with van der Waals surface area (Å²) in [5, 5.41) is 3.74. The molecule has 0 aliphatic heterocycles. The number of hydrogen-bond acceptors (Lipinski definition) is 4. The highest BCUT2D eigenvalue weighted by molar-refractivity contribution is 6.32. The largest absolute Gasteiger partial charge is 0.493 e. The number of benzene rings is 2. The number of nitrogens with one attached hydrogen (secondary N) is 1. The summed E-state index contributed by atoms with van der Waals surface area (Å²) in [6, 6.07) is 12.1. The van der Waals surface area contributed by atoms with Crippen molar-refractivity contribution in [2.45, 2.75) is 32.7 Å². The predicted molar refractivity (Wildman–Crippen MR) is 105 cm³/mol. The van der Waals surface area contributed by atoms with Crippen LogP contribution < -0.4 is 20.5 Å². The number of ether oxygens (including phenoxy) is 2. The van der Waals surface area contributed by atoms with Crippen molar-refractivity contribution in [1.29, 1.82) is 0 Å². The van der Waals surface area contributed by atoms with Crippen LogP contribution in [0.3, 0.4) is 0 Å². The molecule has 5 nitrogen and oxygen atoms in total. The lowest BCUT2D eigenvalue weighted by molar-refractivity contribution is -0.119. The highest BCUT2D eigenvalue weighted by Crippen LogP contribution is 2.36. The van der Waals surface area contributed by atoms with E-state index in [1.807, 2.05) is 6.07 Å². The van der Waals surface area contributed by atoms with Crippen LogP contribution in [0.25, 0.3) is 0 Å². The van der Waals surface area contributed by atoms with Gasteiger partial charge in [0.25, 0.3) is 5.91 Å². The van der Waals surface area contributed by atoms with E-state index in [0.29, 0.717) is 23.1 Å². The van der Waals surface area contributed by atoms with Crippen molar-refractivity contribution < 1.29 is 14.3 Å². The zero-order chi connectivity index (χ0) is 18.9. The van der Waals surface area contributed by atoms with Crippen molar-refractivity contribution in [3.05, 3.63) is 52.5 Å². The zero-order valence-corrected chi connectivity index (χ0v) is 15.9. The Morgan fingerprint density at radius 1 is 1.19 bits per heavy atom. The number of methoxy groups -OCH3 is 1. The van der Waals surface area contributed by atoms with E-state index in [2.05, 4.69) is 36.5 Å². The van der Waals surface area contributed by atoms with Gasteiger partial charge in [-0.1, -0.05) is 37.1 Å². The fourth-order valence-corrected chi connectivity index (χ4v) is 2.82. The minimum Gasteiger partial charge on any atom is -0.493 e. The van der Waals surface area contributed by atoms with Crippen molar-refractivity contribution in [2.75, 3.05) is 19.0 Å². The van der Waals surface area contributed by atoms with Crippen LogP contribution in [0.15, 0.2) is 36.4 Å². The van der Waals surface area contributed by atoms with E-state index in [4.69, 9.17) is 26.8 Å². The molecule has 0 unspecified atom stereocenters. The number of rotatable bonds is 10. The molecular formula is C20H25ClN2O3. The maximum absolute atomic E-state index is 10.9. The van der Waals surface area contributed by atoms with Gasteiger partial charge in [-0.2, -0.15) is 0 Å².